The van der Waals surface area contributed by atoms with E-state index in [4.69, 9.17) is 16.3 Å². The van der Waals surface area contributed by atoms with E-state index in [1.165, 1.54) is 0 Å². The Labute approximate surface area is 116 Å². The number of thiazole rings is 1. The standard InChI is InChI=1S/C13H15ClN2OS/c1-3-15-13(11-7-18-8-16-11)10-6-9(14)4-5-12(10)17-2/h4-8,13,15H,3H2,1-2H3. The van der Waals surface area contributed by atoms with Gasteiger partial charge in [0, 0.05) is 16.0 Å². The second-order valence-corrected chi connectivity index (χ2v) is 4.95. The molecule has 0 spiro atoms. The fraction of sp³-hybridized carbons (Fsp3) is 0.308. The zero-order chi connectivity index (χ0) is 13.0. The van der Waals surface area contributed by atoms with Gasteiger partial charge in [0.25, 0.3) is 0 Å². The van der Waals surface area contributed by atoms with Crippen LogP contribution in [0.5, 0.6) is 5.75 Å². The van der Waals surface area contributed by atoms with Crippen molar-refractivity contribution in [3.63, 3.8) is 0 Å². The lowest BCUT2D eigenvalue weighted by atomic mass is 10.0. The molecule has 0 radical (unpaired) electrons. The van der Waals surface area contributed by atoms with Crippen molar-refractivity contribution in [2.75, 3.05) is 13.7 Å². The van der Waals surface area contributed by atoms with Gasteiger partial charge in [-0.2, -0.15) is 0 Å². The van der Waals surface area contributed by atoms with Crippen LogP contribution < -0.4 is 10.1 Å². The smallest absolute Gasteiger partial charge is 0.124 e. The van der Waals surface area contributed by atoms with Gasteiger partial charge in [0.05, 0.1) is 24.4 Å². The highest BCUT2D eigenvalue weighted by Gasteiger charge is 2.19. The van der Waals surface area contributed by atoms with Crippen molar-refractivity contribution >= 4 is 22.9 Å². The van der Waals surface area contributed by atoms with Gasteiger partial charge < -0.3 is 10.1 Å². The largest absolute Gasteiger partial charge is 0.496 e. The first kappa shape index (κ1) is 13.3. The molecule has 5 heteroatoms. The molecular formula is C13H15ClN2OS. The van der Waals surface area contributed by atoms with Crippen LogP contribution in [0.25, 0.3) is 0 Å². The maximum Gasteiger partial charge on any atom is 0.124 e. The third kappa shape index (κ3) is 2.83. The Morgan fingerprint density at radius 1 is 1.50 bits per heavy atom. The van der Waals surface area contributed by atoms with E-state index in [0.29, 0.717) is 5.02 Å². The summed E-state index contributed by atoms with van der Waals surface area (Å²) in [5, 5.41) is 6.14. The number of hydrogen-bond donors (Lipinski definition) is 1. The molecule has 1 aromatic heterocycles. The Hall–Kier alpha value is -1.10. The van der Waals surface area contributed by atoms with Crippen LogP contribution in [0.4, 0.5) is 0 Å². The molecule has 3 nitrogen and oxygen atoms in total. The van der Waals surface area contributed by atoms with Crippen molar-refractivity contribution in [1.29, 1.82) is 0 Å². The van der Waals surface area contributed by atoms with E-state index in [1.54, 1.807) is 18.4 Å². The lowest BCUT2D eigenvalue weighted by molar-refractivity contribution is 0.404. The zero-order valence-corrected chi connectivity index (χ0v) is 11.9. The monoisotopic (exact) mass is 282 g/mol. The minimum absolute atomic E-state index is 0.00917. The van der Waals surface area contributed by atoms with Crippen molar-refractivity contribution in [2.45, 2.75) is 13.0 Å². The molecule has 1 unspecified atom stereocenters. The molecule has 0 saturated heterocycles. The Morgan fingerprint density at radius 3 is 2.94 bits per heavy atom. The van der Waals surface area contributed by atoms with Crippen molar-refractivity contribution < 1.29 is 4.74 Å². The van der Waals surface area contributed by atoms with E-state index in [2.05, 4.69) is 17.2 Å². The number of aromatic nitrogens is 1. The van der Waals surface area contributed by atoms with Crippen LogP contribution in [0, 0.1) is 0 Å². The van der Waals surface area contributed by atoms with Gasteiger partial charge in [-0.25, -0.2) is 4.98 Å². The summed E-state index contributed by atoms with van der Waals surface area (Å²) in [6, 6.07) is 5.64. The maximum absolute atomic E-state index is 6.08. The lowest BCUT2D eigenvalue weighted by Crippen LogP contribution is -2.22. The van der Waals surface area contributed by atoms with Crippen LogP contribution in [0.2, 0.25) is 5.02 Å². The van der Waals surface area contributed by atoms with Crippen molar-refractivity contribution in [2.24, 2.45) is 0 Å². The Balaban J connectivity index is 2.45. The lowest BCUT2D eigenvalue weighted by Gasteiger charge is -2.19. The highest BCUT2D eigenvalue weighted by atomic mass is 35.5. The van der Waals surface area contributed by atoms with Gasteiger partial charge in [-0.05, 0) is 24.7 Å². The van der Waals surface area contributed by atoms with Gasteiger partial charge in [-0.1, -0.05) is 18.5 Å². The van der Waals surface area contributed by atoms with Gasteiger partial charge in [0.15, 0.2) is 0 Å². The van der Waals surface area contributed by atoms with Gasteiger partial charge in [0.1, 0.15) is 5.75 Å². The topological polar surface area (TPSA) is 34.2 Å². The highest BCUT2D eigenvalue weighted by Crippen LogP contribution is 2.32. The molecular weight excluding hydrogens is 268 g/mol. The summed E-state index contributed by atoms with van der Waals surface area (Å²) < 4.78 is 5.40. The summed E-state index contributed by atoms with van der Waals surface area (Å²) in [6.45, 7) is 2.91. The number of nitrogens with one attached hydrogen (secondary N) is 1. The normalized spacial score (nSPS) is 12.4. The predicted molar refractivity (Wildman–Crippen MR) is 75.6 cm³/mol. The molecule has 0 fully saturated rings. The Bertz CT molecular complexity index is 502. The number of ether oxygens (including phenoxy) is 1. The second-order valence-electron chi connectivity index (χ2n) is 3.79. The molecule has 96 valence electrons. The van der Waals surface area contributed by atoms with Crippen LogP contribution in [-0.2, 0) is 0 Å². The van der Waals surface area contributed by atoms with Crippen LogP contribution >= 0.6 is 22.9 Å². The molecule has 0 amide bonds. The van der Waals surface area contributed by atoms with Crippen molar-refractivity contribution in [1.82, 2.24) is 10.3 Å². The van der Waals surface area contributed by atoms with Gasteiger partial charge in [0.2, 0.25) is 0 Å². The summed E-state index contributed by atoms with van der Waals surface area (Å²) in [7, 11) is 1.66. The first-order valence-corrected chi connectivity index (χ1v) is 7.03. The summed E-state index contributed by atoms with van der Waals surface area (Å²) in [5.41, 5.74) is 3.83. The number of benzene rings is 1. The van der Waals surface area contributed by atoms with Crippen molar-refractivity contribution in [3.05, 3.63) is 45.4 Å². The van der Waals surface area contributed by atoms with E-state index >= 15 is 0 Å². The van der Waals surface area contributed by atoms with Crippen LogP contribution in [0.3, 0.4) is 0 Å². The van der Waals surface area contributed by atoms with E-state index in [1.807, 2.05) is 29.1 Å². The van der Waals surface area contributed by atoms with E-state index in [-0.39, 0.29) is 6.04 Å². The third-order valence-corrected chi connectivity index (χ3v) is 3.50. The molecule has 0 saturated carbocycles. The molecule has 1 heterocycles. The first-order chi connectivity index (χ1) is 8.76. The number of methoxy groups -OCH3 is 1. The van der Waals surface area contributed by atoms with E-state index in [0.717, 1.165) is 23.6 Å². The average Bonchev–Trinajstić information content (AvgIpc) is 2.89. The average molecular weight is 283 g/mol. The van der Waals surface area contributed by atoms with E-state index < -0.39 is 0 Å². The quantitative estimate of drug-likeness (QED) is 0.911. The Morgan fingerprint density at radius 2 is 2.33 bits per heavy atom. The summed E-state index contributed by atoms with van der Waals surface area (Å²) in [5.74, 6) is 0.818. The molecule has 2 aromatic rings. The minimum Gasteiger partial charge on any atom is -0.496 e. The minimum atomic E-state index is 0.00917. The molecule has 1 aromatic carbocycles. The van der Waals surface area contributed by atoms with Gasteiger partial charge >= 0.3 is 0 Å². The fourth-order valence-electron chi connectivity index (χ4n) is 1.87. The second kappa shape index (κ2) is 6.18. The number of nitrogens with zero attached hydrogens (tertiary/aromatic N) is 1. The molecule has 0 aliphatic rings. The molecule has 0 bridgehead atoms. The van der Waals surface area contributed by atoms with Crippen LogP contribution in [-0.4, -0.2) is 18.6 Å². The van der Waals surface area contributed by atoms with Crippen LogP contribution in [0.15, 0.2) is 29.1 Å². The molecule has 0 aliphatic heterocycles. The van der Waals surface area contributed by atoms with Gasteiger partial charge in [-0.3, -0.25) is 0 Å². The summed E-state index contributed by atoms with van der Waals surface area (Å²) in [6.07, 6.45) is 0. The summed E-state index contributed by atoms with van der Waals surface area (Å²) >= 11 is 7.66. The van der Waals surface area contributed by atoms with Crippen molar-refractivity contribution in [3.8, 4) is 5.75 Å². The Kier molecular flexibility index (Phi) is 4.58. The number of halogens is 1. The van der Waals surface area contributed by atoms with E-state index in [9.17, 15) is 0 Å². The third-order valence-electron chi connectivity index (χ3n) is 2.66. The molecule has 1 atom stereocenters. The molecule has 18 heavy (non-hydrogen) atoms. The summed E-state index contributed by atoms with van der Waals surface area (Å²) in [4.78, 5) is 4.37. The van der Waals surface area contributed by atoms with Gasteiger partial charge in [-0.15, -0.1) is 11.3 Å². The number of rotatable bonds is 5. The molecule has 1 N–H and O–H groups in total. The highest BCUT2D eigenvalue weighted by molar-refractivity contribution is 7.07. The zero-order valence-electron chi connectivity index (χ0n) is 10.3. The number of hydrogen-bond acceptors (Lipinski definition) is 4. The molecule has 0 aliphatic carbocycles. The van der Waals surface area contributed by atoms with Crippen LogP contribution in [0.1, 0.15) is 24.2 Å². The molecule has 2 rings (SSSR count). The fourth-order valence-corrected chi connectivity index (χ4v) is 2.63. The predicted octanol–water partition coefficient (Wildman–Crippen LogP) is 3.50. The SMILES string of the molecule is CCNC(c1cscn1)c1cc(Cl)ccc1OC. The maximum atomic E-state index is 6.08. The first-order valence-electron chi connectivity index (χ1n) is 5.71.